The molecule has 0 saturated carbocycles. The van der Waals surface area contributed by atoms with Gasteiger partial charge in [0.25, 0.3) is 0 Å². The summed E-state index contributed by atoms with van der Waals surface area (Å²) < 4.78 is 0. The number of hydrogen-bond donors (Lipinski definition) is 2. The zero-order valence-corrected chi connectivity index (χ0v) is 14.1. The van der Waals surface area contributed by atoms with Crippen molar-refractivity contribution < 1.29 is 4.79 Å². The van der Waals surface area contributed by atoms with Crippen LogP contribution in [0.2, 0.25) is 5.02 Å². The van der Waals surface area contributed by atoms with Gasteiger partial charge < -0.3 is 10.3 Å². The Labute approximate surface area is 143 Å². The van der Waals surface area contributed by atoms with Crippen LogP contribution in [0.15, 0.2) is 53.7 Å². The fraction of sp³-hybridized carbons (Fsp3) is 0.176. The maximum Gasteiger partial charge on any atom is 0.237 e. The molecule has 3 aromatic rings. The summed E-state index contributed by atoms with van der Waals surface area (Å²) in [5.41, 5.74) is 2.58. The van der Waals surface area contributed by atoms with Crippen LogP contribution in [0.1, 0.15) is 13.3 Å². The van der Waals surface area contributed by atoms with Crippen LogP contribution >= 0.6 is 23.4 Å². The molecule has 1 unspecified atom stereocenters. The standard InChI is InChI=1S/C17H16ClN3OS/c1-2-15(16(22)19-12-7-5-6-11(18)10-12)23-17-20-13-8-3-4-9-14(13)21-17/h3-10,15H,2H2,1H3,(H,19,22)(H,20,21). The van der Waals surface area contributed by atoms with Crippen LogP contribution in [0.25, 0.3) is 11.0 Å². The number of anilines is 1. The summed E-state index contributed by atoms with van der Waals surface area (Å²) in [7, 11) is 0. The Morgan fingerprint density at radius 2 is 2.13 bits per heavy atom. The van der Waals surface area contributed by atoms with Gasteiger partial charge in [-0.25, -0.2) is 4.98 Å². The van der Waals surface area contributed by atoms with Crippen LogP contribution in [0.4, 0.5) is 5.69 Å². The van der Waals surface area contributed by atoms with Crippen molar-refractivity contribution in [1.82, 2.24) is 9.97 Å². The second kappa shape index (κ2) is 7.06. The molecular weight excluding hydrogens is 330 g/mol. The summed E-state index contributed by atoms with van der Waals surface area (Å²) >= 11 is 7.38. The number of carbonyl (C=O) groups excluding carboxylic acids is 1. The van der Waals surface area contributed by atoms with Crippen molar-refractivity contribution in [2.24, 2.45) is 0 Å². The fourth-order valence-corrected chi connectivity index (χ4v) is 3.34. The summed E-state index contributed by atoms with van der Waals surface area (Å²) in [5, 5.41) is 4.02. The lowest BCUT2D eigenvalue weighted by Crippen LogP contribution is -2.24. The first-order chi connectivity index (χ1) is 11.2. The first-order valence-corrected chi connectivity index (χ1v) is 8.59. The molecule has 6 heteroatoms. The third kappa shape index (κ3) is 3.86. The molecule has 1 amide bonds. The van der Waals surface area contributed by atoms with Crippen LogP contribution in [0.3, 0.4) is 0 Å². The number of rotatable bonds is 5. The van der Waals surface area contributed by atoms with E-state index in [1.165, 1.54) is 11.8 Å². The maximum atomic E-state index is 12.5. The van der Waals surface area contributed by atoms with Gasteiger partial charge in [-0.15, -0.1) is 0 Å². The molecule has 4 nitrogen and oxygen atoms in total. The largest absolute Gasteiger partial charge is 0.333 e. The van der Waals surface area contributed by atoms with Gasteiger partial charge >= 0.3 is 0 Å². The van der Waals surface area contributed by atoms with Crippen LogP contribution in [0, 0.1) is 0 Å². The third-order valence-corrected chi connectivity index (χ3v) is 4.86. The molecule has 0 aliphatic heterocycles. The van der Waals surface area contributed by atoms with E-state index >= 15 is 0 Å². The topological polar surface area (TPSA) is 57.8 Å². The molecule has 0 aliphatic carbocycles. The molecule has 23 heavy (non-hydrogen) atoms. The Hall–Kier alpha value is -1.98. The molecular formula is C17H16ClN3OS. The van der Waals surface area contributed by atoms with Crippen molar-refractivity contribution in [3.8, 4) is 0 Å². The third-order valence-electron chi connectivity index (χ3n) is 3.38. The molecule has 2 aromatic carbocycles. The summed E-state index contributed by atoms with van der Waals surface area (Å²) in [6, 6.07) is 15.0. The molecule has 0 bridgehead atoms. The van der Waals surface area contributed by atoms with Gasteiger partial charge in [-0.1, -0.05) is 48.5 Å². The van der Waals surface area contributed by atoms with E-state index in [1.807, 2.05) is 43.3 Å². The molecule has 3 rings (SSSR count). The number of nitrogens with one attached hydrogen (secondary N) is 2. The summed E-state index contributed by atoms with van der Waals surface area (Å²) in [5.74, 6) is -0.0553. The molecule has 1 heterocycles. The number of para-hydroxylation sites is 2. The van der Waals surface area contributed by atoms with Crippen LogP contribution in [0.5, 0.6) is 0 Å². The molecule has 118 valence electrons. The Morgan fingerprint density at radius 3 is 2.87 bits per heavy atom. The van der Waals surface area contributed by atoms with Crippen LogP contribution < -0.4 is 5.32 Å². The van der Waals surface area contributed by atoms with E-state index in [4.69, 9.17) is 11.6 Å². The number of carbonyl (C=O) groups is 1. The number of aromatic amines is 1. The average molecular weight is 346 g/mol. The van der Waals surface area contributed by atoms with Gasteiger partial charge in [-0.3, -0.25) is 4.79 Å². The first-order valence-electron chi connectivity index (χ1n) is 7.33. The number of thioether (sulfide) groups is 1. The molecule has 0 aliphatic rings. The van der Waals surface area contributed by atoms with E-state index in [0.29, 0.717) is 17.1 Å². The van der Waals surface area contributed by atoms with Crippen molar-refractivity contribution in [2.75, 3.05) is 5.32 Å². The lowest BCUT2D eigenvalue weighted by atomic mass is 10.3. The number of nitrogens with zero attached hydrogens (tertiary/aromatic N) is 1. The average Bonchev–Trinajstić information content (AvgIpc) is 2.95. The highest BCUT2D eigenvalue weighted by molar-refractivity contribution is 8.00. The summed E-state index contributed by atoms with van der Waals surface area (Å²) in [6.07, 6.45) is 0.702. The quantitative estimate of drug-likeness (QED) is 0.657. The van der Waals surface area contributed by atoms with Gasteiger partial charge in [-0.2, -0.15) is 0 Å². The number of aromatic nitrogens is 2. The highest BCUT2D eigenvalue weighted by Gasteiger charge is 2.20. The molecule has 0 radical (unpaired) electrons. The van der Waals surface area contributed by atoms with Crippen molar-refractivity contribution in [3.05, 3.63) is 53.6 Å². The number of fused-ring (bicyclic) bond motifs is 1. The van der Waals surface area contributed by atoms with Crippen LogP contribution in [-0.2, 0) is 4.79 Å². The van der Waals surface area contributed by atoms with E-state index in [2.05, 4.69) is 15.3 Å². The SMILES string of the molecule is CCC(Sc1nc2ccccc2[nH]1)C(=O)Nc1cccc(Cl)c1. The van der Waals surface area contributed by atoms with Gasteiger partial charge in [0.2, 0.25) is 5.91 Å². The van der Waals surface area contributed by atoms with Crippen LogP contribution in [-0.4, -0.2) is 21.1 Å². The zero-order valence-electron chi connectivity index (χ0n) is 12.5. The lowest BCUT2D eigenvalue weighted by Gasteiger charge is -2.13. The number of H-pyrrole nitrogens is 1. The Kier molecular flexibility index (Phi) is 4.88. The molecule has 2 N–H and O–H groups in total. The van der Waals surface area contributed by atoms with E-state index in [9.17, 15) is 4.79 Å². The number of hydrogen-bond acceptors (Lipinski definition) is 3. The summed E-state index contributed by atoms with van der Waals surface area (Å²) in [4.78, 5) is 20.2. The minimum absolute atomic E-state index is 0.0553. The minimum Gasteiger partial charge on any atom is -0.333 e. The number of imidazole rings is 1. The van der Waals surface area contributed by atoms with E-state index < -0.39 is 0 Å². The van der Waals surface area contributed by atoms with Gasteiger partial charge in [0.1, 0.15) is 0 Å². The predicted molar refractivity (Wildman–Crippen MR) is 96.1 cm³/mol. The van der Waals surface area contributed by atoms with E-state index in [1.54, 1.807) is 12.1 Å². The van der Waals surface area contributed by atoms with Crippen molar-refractivity contribution in [2.45, 2.75) is 23.8 Å². The number of halogens is 1. The fourth-order valence-electron chi connectivity index (χ4n) is 2.23. The molecule has 1 aromatic heterocycles. The Morgan fingerprint density at radius 1 is 1.30 bits per heavy atom. The number of amides is 1. The molecule has 1 atom stereocenters. The van der Waals surface area contributed by atoms with Gasteiger partial charge in [0.15, 0.2) is 5.16 Å². The predicted octanol–water partition coefficient (Wildman–Crippen LogP) is 4.73. The van der Waals surface area contributed by atoms with Crippen molar-refractivity contribution >= 4 is 46.0 Å². The second-order valence-corrected chi connectivity index (χ2v) is 6.70. The minimum atomic E-state index is -0.227. The second-order valence-electron chi connectivity index (χ2n) is 5.07. The molecule has 0 fully saturated rings. The smallest absolute Gasteiger partial charge is 0.237 e. The maximum absolute atomic E-state index is 12.5. The number of benzene rings is 2. The van der Waals surface area contributed by atoms with Gasteiger partial charge in [0.05, 0.1) is 16.3 Å². The Balaban J connectivity index is 1.72. The normalized spacial score (nSPS) is 12.3. The van der Waals surface area contributed by atoms with Crippen molar-refractivity contribution in [3.63, 3.8) is 0 Å². The monoisotopic (exact) mass is 345 g/mol. The van der Waals surface area contributed by atoms with Gasteiger partial charge in [0, 0.05) is 10.7 Å². The zero-order chi connectivity index (χ0) is 16.2. The molecule has 0 spiro atoms. The van der Waals surface area contributed by atoms with Gasteiger partial charge in [-0.05, 0) is 36.8 Å². The van der Waals surface area contributed by atoms with Crippen molar-refractivity contribution in [1.29, 1.82) is 0 Å². The highest BCUT2D eigenvalue weighted by Crippen LogP contribution is 2.26. The van der Waals surface area contributed by atoms with E-state index in [-0.39, 0.29) is 11.2 Å². The summed E-state index contributed by atoms with van der Waals surface area (Å²) in [6.45, 7) is 1.98. The Bertz CT molecular complexity index is 800. The lowest BCUT2D eigenvalue weighted by molar-refractivity contribution is -0.115. The van der Waals surface area contributed by atoms with E-state index in [0.717, 1.165) is 16.2 Å². The highest BCUT2D eigenvalue weighted by atomic mass is 35.5. The molecule has 0 saturated heterocycles. The first kappa shape index (κ1) is 15.9.